The molecule has 0 atom stereocenters. The maximum Gasteiger partial charge on any atom is 0.234 e. The van der Waals surface area contributed by atoms with Crippen LogP contribution in [0, 0.1) is 5.92 Å². The van der Waals surface area contributed by atoms with Crippen LogP contribution >= 0.6 is 11.3 Å². The maximum absolute atomic E-state index is 11.1. The van der Waals surface area contributed by atoms with Crippen LogP contribution in [0.5, 0.6) is 0 Å². The van der Waals surface area contributed by atoms with Gasteiger partial charge in [-0.15, -0.1) is 10.2 Å². The molecule has 0 spiro atoms. The molecule has 0 fully saturated rings. The van der Waals surface area contributed by atoms with E-state index in [1.807, 2.05) is 0 Å². The Hall–Kier alpha value is -0.690. The number of sulfone groups is 1. The zero-order chi connectivity index (χ0) is 10.8. The van der Waals surface area contributed by atoms with Gasteiger partial charge in [0.1, 0.15) is 0 Å². The summed E-state index contributed by atoms with van der Waals surface area (Å²) in [4.78, 5) is 0. The second kappa shape index (κ2) is 4.22. The first-order chi connectivity index (χ1) is 6.39. The third-order valence-electron chi connectivity index (χ3n) is 1.39. The molecular weight excluding hydrogens is 222 g/mol. The molecule has 0 aliphatic rings. The summed E-state index contributed by atoms with van der Waals surface area (Å²) in [6.07, 6.45) is 1.12. The molecule has 0 aliphatic carbocycles. The van der Waals surface area contributed by atoms with E-state index in [0.717, 1.165) is 24.1 Å². The first-order valence-corrected chi connectivity index (χ1v) is 6.88. The van der Waals surface area contributed by atoms with Crippen molar-refractivity contribution in [3.8, 4) is 0 Å². The van der Waals surface area contributed by atoms with Crippen molar-refractivity contribution in [2.45, 2.75) is 18.2 Å². The quantitative estimate of drug-likeness (QED) is 0.843. The monoisotopic (exact) mass is 235 g/mol. The number of anilines is 1. The predicted molar refractivity (Wildman–Crippen MR) is 56.3 cm³/mol. The molecule has 0 saturated carbocycles. The van der Waals surface area contributed by atoms with Gasteiger partial charge in [-0.1, -0.05) is 25.2 Å². The second-order valence-corrected chi connectivity index (χ2v) is 6.59. The molecule has 1 heterocycles. The minimum absolute atomic E-state index is 0.0590. The number of hydrogen-bond acceptors (Lipinski definition) is 6. The first-order valence-electron chi connectivity index (χ1n) is 4.17. The minimum Gasteiger partial charge on any atom is -0.360 e. The zero-order valence-corrected chi connectivity index (χ0v) is 9.94. The molecule has 1 aromatic rings. The Labute approximate surface area is 87.5 Å². The SMILES string of the molecule is CC(C)CNc1nnc(S(C)(=O)=O)s1. The number of nitrogens with zero attached hydrogens (tertiary/aromatic N) is 2. The van der Waals surface area contributed by atoms with Gasteiger partial charge in [-0.05, 0) is 5.92 Å². The Bertz CT molecular complexity index is 397. The predicted octanol–water partition coefficient (Wildman–Crippen LogP) is 1.01. The van der Waals surface area contributed by atoms with Gasteiger partial charge in [-0.2, -0.15) is 0 Å². The molecule has 0 radical (unpaired) electrons. The highest BCUT2D eigenvalue weighted by Gasteiger charge is 2.13. The zero-order valence-electron chi connectivity index (χ0n) is 8.31. The minimum atomic E-state index is -3.22. The Morgan fingerprint density at radius 2 is 2.07 bits per heavy atom. The van der Waals surface area contributed by atoms with Crippen LogP contribution < -0.4 is 5.32 Å². The molecule has 0 bridgehead atoms. The Kier molecular flexibility index (Phi) is 3.43. The van der Waals surface area contributed by atoms with Crippen molar-refractivity contribution in [1.29, 1.82) is 0 Å². The third-order valence-corrected chi connectivity index (χ3v) is 3.94. The van der Waals surface area contributed by atoms with Crippen molar-refractivity contribution >= 4 is 26.3 Å². The van der Waals surface area contributed by atoms with Crippen LogP contribution in [0.25, 0.3) is 0 Å². The van der Waals surface area contributed by atoms with Crippen LogP contribution in [-0.4, -0.2) is 31.4 Å². The lowest BCUT2D eigenvalue weighted by molar-refractivity contribution is 0.600. The fourth-order valence-corrected chi connectivity index (χ4v) is 2.24. The third kappa shape index (κ3) is 3.22. The van der Waals surface area contributed by atoms with Crippen LogP contribution in [0.15, 0.2) is 4.34 Å². The number of nitrogens with one attached hydrogen (secondary N) is 1. The summed E-state index contributed by atoms with van der Waals surface area (Å²) < 4.78 is 22.2. The summed E-state index contributed by atoms with van der Waals surface area (Å²) in [5.41, 5.74) is 0. The largest absolute Gasteiger partial charge is 0.360 e. The fourth-order valence-electron chi connectivity index (χ4n) is 0.722. The lowest BCUT2D eigenvalue weighted by atomic mass is 10.2. The van der Waals surface area contributed by atoms with Gasteiger partial charge in [0.2, 0.25) is 19.3 Å². The molecule has 1 aromatic heterocycles. The van der Waals surface area contributed by atoms with E-state index in [-0.39, 0.29) is 4.34 Å². The molecule has 0 aromatic carbocycles. The standard InChI is InChI=1S/C7H13N3O2S2/c1-5(2)4-8-6-9-10-7(13-6)14(3,11)12/h5H,4H2,1-3H3,(H,8,9). The van der Waals surface area contributed by atoms with Gasteiger partial charge in [0.15, 0.2) is 0 Å². The summed E-state index contributed by atoms with van der Waals surface area (Å²) in [5, 5.41) is 10.9. The molecule has 1 rings (SSSR count). The van der Waals surface area contributed by atoms with Crippen LogP contribution in [0.3, 0.4) is 0 Å². The normalized spacial score (nSPS) is 12.0. The molecule has 80 valence electrons. The van der Waals surface area contributed by atoms with Crippen molar-refractivity contribution in [2.75, 3.05) is 18.1 Å². The van der Waals surface area contributed by atoms with Gasteiger partial charge in [0.05, 0.1) is 0 Å². The lowest BCUT2D eigenvalue weighted by Gasteiger charge is -2.03. The highest BCUT2D eigenvalue weighted by Crippen LogP contribution is 2.19. The Balaban J connectivity index is 2.70. The van der Waals surface area contributed by atoms with Crippen LogP contribution in [-0.2, 0) is 9.84 Å². The van der Waals surface area contributed by atoms with Crippen molar-refractivity contribution in [3.05, 3.63) is 0 Å². The van der Waals surface area contributed by atoms with Crippen LogP contribution in [0.2, 0.25) is 0 Å². The summed E-state index contributed by atoms with van der Waals surface area (Å²) in [5.74, 6) is 0.487. The van der Waals surface area contributed by atoms with E-state index < -0.39 is 9.84 Å². The van der Waals surface area contributed by atoms with Gasteiger partial charge < -0.3 is 5.32 Å². The van der Waals surface area contributed by atoms with Crippen molar-refractivity contribution < 1.29 is 8.42 Å². The van der Waals surface area contributed by atoms with E-state index in [1.165, 1.54) is 0 Å². The van der Waals surface area contributed by atoms with Gasteiger partial charge in [0, 0.05) is 12.8 Å². The molecule has 0 unspecified atom stereocenters. The topological polar surface area (TPSA) is 72.0 Å². The van der Waals surface area contributed by atoms with Gasteiger partial charge >= 0.3 is 0 Å². The lowest BCUT2D eigenvalue weighted by Crippen LogP contribution is -2.07. The highest BCUT2D eigenvalue weighted by atomic mass is 32.2. The van der Waals surface area contributed by atoms with E-state index in [9.17, 15) is 8.42 Å². The highest BCUT2D eigenvalue weighted by molar-refractivity contribution is 7.92. The fraction of sp³-hybridized carbons (Fsp3) is 0.714. The van der Waals surface area contributed by atoms with Crippen molar-refractivity contribution in [3.63, 3.8) is 0 Å². The molecule has 0 aliphatic heterocycles. The summed E-state index contributed by atoms with van der Waals surface area (Å²) >= 11 is 1.06. The summed E-state index contributed by atoms with van der Waals surface area (Å²) in [6, 6.07) is 0. The molecule has 14 heavy (non-hydrogen) atoms. The molecule has 7 heteroatoms. The average Bonchev–Trinajstić information content (AvgIpc) is 2.47. The molecular formula is C7H13N3O2S2. The van der Waals surface area contributed by atoms with Crippen molar-refractivity contribution in [2.24, 2.45) is 5.92 Å². The average molecular weight is 235 g/mol. The van der Waals surface area contributed by atoms with Crippen LogP contribution in [0.4, 0.5) is 5.13 Å². The van der Waals surface area contributed by atoms with E-state index in [2.05, 4.69) is 29.4 Å². The van der Waals surface area contributed by atoms with E-state index in [1.54, 1.807) is 0 Å². The maximum atomic E-state index is 11.1. The summed E-state index contributed by atoms with van der Waals surface area (Å²) in [6.45, 7) is 4.88. The number of rotatable bonds is 4. The van der Waals surface area contributed by atoms with E-state index in [0.29, 0.717) is 11.0 Å². The smallest absolute Gasteiger partial charge is 0.234 e. The van der Waals surface area contributed by atoms with E-state index >= 15 is 0 Å². The molecule has 1 N–H and O–H groups in total. The summed E-state index contributed by atoms with van der Waals surface area (Å²) in [7, 11) is -3.22. The number of hydrogen-bond donors (Lipinski definition) is 1. The van der Waals surface area contributed by atoms with Gasteiger partial charge in [-0.25, -0.2) is 8.42 Å². The van der Waals surface area contributed by atoms with Gasteiger partial charge in [-0.3, -0.25) is 0 Å². The first kappa shape index (κ1) is 11.4. The van der Waals surface area contributed by atoms with Crippen LogP contribution in [0.1, 0.15) is 13.8 Å². The van der Waals surface area contributed by atoms with Gasteiger partial charge in [0.25, 0.3) is 0 Å². The Morgan fingerprint density at radius 3 is 2.50 bits per heavy atom. The Morgan fingerprint density at radius 1 is 1.43 bits per heavy atom. The second-order valence-electron chi connectivity index (χ2n) is 3.42. The molecule has 0 saturated heterocycles. The van der Waals surface area contributed by atoms with E-state index in [4.69, 9.17) is 0 Å². The number of aromatic nitrogens is 2. The van der Waals surface area contributed by atoms with Crippen molar-refractivity contribution in [1.82, 2.24) is 10.2 Å². The molecule has 0 amide bonds. The molecule has 5 nitrogen and oxygen atoms in total.